The Balaban J connectivity index is 2.24. The van der Waals surface area contributed by atoms with Gasteiger partial charge < -0.3 is 10.3 Å². The zero-order valence-electron chi connectivity index (χ0n) is 9.22. The van der Waals surface area contributed by atoms with Gasteiger partial charge in [-0.1, -0.05) is 35.5 Å². The molecule has 0 atom stereocenters. The minimum absolute atomic E-state index is 0.0843. The lowest BCUT2D eigenvalue weighted by Crippen LogP contribution is -2.22. The van der Waals surface area contributed by atoms with Crippen LogP contribution >= 0.6 is 0 Å². The monoisotopic (exact) mass is 231 g/mol. The third-order valence-corrected chi connectivity index (χ3v) is 2.35. The third-order valence-electron chi connectivity index (χ3n) is 2.35. The first-order chi connectivity index (χ1) is 8.31. The number of hydrogen-bond donors (Lipinski definition) is 2. The average Bonchev–Trinajstić information content (AvgIpc) is 2.63. The molecule has 3 N–H and O–H groups in total. The lowest BCUT2D eigenvalue weighted by molar-refractivity contribution is -0.115. The van der Waals surface area contributed by atoms with E-state index in [0.717, 1.165) is 17.6 Å². The number of aromatic nitrogens is 1. The van der Waals surface area contributed by atoms with Crippen LogP contribution in [0, 0.1) is 0 Å². The second-order valence-electron chi connectivity index (χ2n) is 3.53. The van der Waals surface area contributed by atoms with Gasteiger partial charge in [0.15, 0.2) is 0 Å². The Labute approximate surface area is 98.7 Å². The van der Waals surface area contributed by atoms with Crippen LogP contribution in [0.5, 0.6) is 0 Å². The van der Waals surface area contributed by atoms with E-state index in [1.54, 1.807) is 6.20 Å². The fraction of sp³-hybridized carbons (Fsp3) is 0.167. The number of nitrogens with two attached hydrogens (primary N) is 1. The van der Waals surface area contributed by atoms with Gasteiger partial charge in [0.2, 0.25) is 11.8 Å². The van der Waals surface area contributed by atoms with Crippen molar-refractivity contribution in [2.24, 2.45) is 5.73 Å². The molecule has 0 unspecified atom stereocenters. The molecular formula is C12H13N3O2. The topological polar surface area (TPSA) is 81.2 Å². The molecule has 0 fully saturated rings. The Morgan fingerprint density at radius 2 is 2.35 bits per heavy atom. The van der Waals surface area contributed by atoms with Crippen LogP contribution in [0.1, 0.15) is 12.0 Å². The van der Waals surface area contributed by atoms with Crippen LogP contribution in [0.3, 0.4) is 0 Å². The number of allylic oxidation sites excluding steroid dienone is 6. The Morgan fingerprint density at radius 1 is 1.47 bits per heavy atom. The van der Waals surface area contributed by atoms with E-state index in [2.05, 4.69) is 10.5 Å². The minimum atomic E-state index is -0.302. The highest BCUT2D eigenvalue weighted by molar-refractivity contribution is 5.93. The van der Waals surface area contributed by atoms with Gasteiger partial charge in [0.25, 0.3) is 0 Å². The molecule has 2 rings (SSSR count). The summed E-state index contributed by atoms with van der Waals surface area (Å²) in [5.41, 5.74) is 7.04. The van der Waals surface area contributed by atoms with Gasteiger partial charge in [-0.15, -0.1) is 0 Å². The molecule has 1 aliphatic rings. The molecule has 17 heavy (non-hydrogen) atoms. The van der Waals surface area contributed by atoms with Crippen LogP contribution in [0.25, 0.3) is 5.57 Å². The molecule has 0 spiro atoms. The average molecular weight is 231 g/mol. The van der Waals surface area contributed by atoms with Gasteiger partial charge in [0.1, 0.15) is 0 Å². The van der Waals surface area contributed by atoms with Gasteiger partial charge in [-0.05, 0) is 12.0 Å². The largest absolute Gasteiger partial charge is 0.338 e. The van der Waals surface area contributed by atoms with Crippen LogP contribution in [0.4, 0.5) is 5.88 Å². The van der Waals surface area contributed by atoms with E-state index in [4.69, 9.17) is 10.3 Å². The summed E-state index contributed by atoms with van der Waals surface area (Å²) in [6.07, 6.45) is 12.2. The summed E-state index contributed by atoms with van der Waals surface area (Å²) in [7, 11) is 0. The molecule has 1 aromatic heterocycles. The molecule has 5 heteroatoms. The van der Waals surface area contributed by atoms with Crippen LogP contribution in [-0.4, -0.2) is 17.6 Å². The van der Waals surface area contributed by atoms with Gasteiger partial charge in [-0.25, -0.2) is 0 Å². The van der Waals surface area contributed by atoms with E-state index >= 15 is 0 Å². The minimum Gasteiger partial charge on any atom is -0.338 e. The molecule has 1 amide bonds. The SMILES string of the molecule is NCC(=O)Nc1oncc1C1=CC=CC=CC1. The molecule has 0 saturated carbocycles. The van der Waals surface area contributed by atoms with E-state index < -0.39 is 0 Å². The molecule has 0 bridgehead atoms. The van der Waals surface area contributed by atoms with E-state index in [9.17, 15) is 4.79 Å². The first-order valence-corrected chi connectivity index (χ1v) is 5.28. The van der Waals surface area contributed by atoms with Crippen molar-refractivity contribution in [1.82, 2.24) is 5.16 Å². The normalized spacial score (nSPS) is 14.3. The smallest absolute Gasteiger partial charge is 0.240 e. The predicted molar refractivity (Wildman–Crippen MR) is 65.1 cm³/mol. The molecule has 0 saturated heterocycles. The summed E-state index contributed by atoms with van der Waals surface area (Å²) in [6.45, 7) is -0.0843. The second-order valence-corrected chi connectivity index (χ2v) is 3.53. The molecule has 88 valence electrons. The summed E-state index contributed by atoms with van der Waals surface area (Å²) in [5.74, 6) is 0.0405. The maximum atomic E-state index is 11.2. The van der Waals surface area contributed by atoms with Crippen molar-refractivity contribution in [3.05, 3.63) is 42.1 Å². The fourth-order valence-corrected chi connectivity index (χ4v) is 1.51. The fourth-order valence-electron chi connectivity index (χ4n) is 1.51. The first-order valence-electron chi connectivity index (χ1n) is 5.28. The van der Waals surface area contributed by atoms with Crippen molar-refractivity contribution in [2.75, 3.05) is 11.9 Å². The summed E-state index contributed by atoms with van der Waals surface area (Å²) < 4.78 is 5.00. The van der Waals surface area contributed by atoms with Crippen molar-refractivity contribution in [3.8, 4) is 0 Å². The third kappa shape index (κ3) is 2.70. The summed E-state index contributed by atoms with van der Waals surface area (Å²) in [5, 5.41) is 6.27. The Bertz CT molecular complexity index is 498. The second kappa shape index (κ2) is 5.27. The molecule has 1 aliphatic carbocycles. The lowest BCUT2D eigenvalue weighted by atomic mass is 10.1. The highest BCUT2D eigenvalue weighted by Crippen LogP contribution is 2.27. The molecule has 5 nitrogen and oxygen atoms in total. The highest BCUT2D eigenvalue weighted by Gasteiger charge is 2.13. The standard InChI is InChI=1S/C12H13N3O2/c13-7-11(16)15-12-10(8-14-17-12)9-5-3-1-2-4-6-9/h1-5,8H,6-7,13H2,(H,15,16). The molecule has 0 aliphatic heterocycles. The lowest BCUT2D eigenvalue weighted by Gasteiger charge is -2.04. The van der Waals surface area contributed by atoms with Gasteiger partial charge in [-0.2, -0.15) is 0 Å². The van der Waals surface area contributed by atoms with Crippen LogP contribution < -0.4 is 11.1 Å². The van der Waals surface area contributed by atoms with Crippen LogP contribution in [0.15, 0.2) is 41.1 Å². The summed E-state index contributed by atoms with van der Waals surface area (Å²) in [6, 6.07) is 0. The number of hydrogen-bond acceptors (Lipinski definition) is 4. The highest BCUT2D eigenvalue weighted by atomic mass is 16.5. The molecule has 1 heterocycles. The Hall–Kier alpha value is -2.14. The Kier molecular flexibility index (Phi) is 3.52. The van der Waals surface area contributed by atoms with Gasteiger partial charge in [-0.3, -0.25) is 10.1 Å². The van der Waals surface area contributed by atoms with Gasteiger partial charge in [0, 0.05) is 0 Å². The summed E-state index contributed by atoms with van der Waals surface area (Å²) in [4.78, 5) is 11.2. The first kappa shape index (κ1) is 11.3. The zero-order chi connectivity index (χ0) is 12.1. The maximum Gasteiger partial charge on any atom is 0.240 e. The number of amides is 1. The molecule has 1 aromatic rings. The maximum absolute atomic E-state index is 11.2. The van der Waals surface area contributed by atoms with E-state index in [1.807, 2.05) is 30.4 Å². The van der Waals surface area contributed by atoms with Crippen molar-refractivity contribution in [2.45, 2.75) is 6.42 Å². The number of carbonyl (C=O) groups is 1. The number of nitrogens with one attached hydrogen (secondary N) is 1. The van der Waals surface area contributed by atoms with E-state index in [-0.39, 0.29) is 12.5 Å². The quantitative estimate of drug-likeness (QED) is 0.825. The van der Waals surface area contributed by atoms with Crippen LogP contribution in [0.2, 0.25) is 0 Å². The number of rotatable bonds is 3. The molecular weight excluding hydrogens is 218 g/mol. The van der Waals surface area contributed by atoms with Crippen molar-refractivity contribution in [3.63, 3.8) is 0 Å². The number of carbonyl (C=O) groups excluding carboxylic acids is 1. The Morgan fingerprint density at radius 3 is 3.18 bits per heavy atom. The molecule has 0 radical (unpaired) electrons. The zero-order valence-corrected chi connectivity index (χ0v) is 9.22. The van der Waals surface area contributed by atoms with Gasteiger partial charge in [0.05, 0.1) is 18.3 Å². The van der Waals surface area contributed by atoms with Crippen molar-refractivity contribution in [1.29, 1.82) is 0 Å². The van der Waals surface area contributed by atoms with Crippen molar-refractivity contribution < 1.29 is 9.32 Å². The van der Waals surface area contributed by atoms with Crippen molar-refractivity contribution >= 4 is 17.4 Å². The van der Waals surface area contributed by atoms with E-state index in [1.165, 1.54) is 0 Å². The predicted octanol–water partition coefficient (Wildman–Crippen LogP) is 1.47. The number of nitrogens with zero attached hydrogens (tertiary/aromatic N) is 1. The van der Waals surface area contributed by atoms with E-state index in [0.29, 0.717) is 5.88 Å². The number of anilines is 1. The van der Waals surface area contributed by atoms with Crippen LogP contribution in [-0.2, 0) is 4.79 Å². The molecule has 0 aromatic carbocycles. The summed E-state index contributed by atoms with van der Waals surface area (Å²) >= 11 is 0. The van der Waals surface area contributed by atoms with Gasteiger partial charge >= 0.3 is 0 Å².